The van der Waals surface area contributed by atoms with Crippen LogP contribution in [0.15, 0.2) is 61.3 Å². The van der Waals surface area contributed by atoms with Crippen molar-refractivity contribution in [3.63, 3.8) is 0 Å². The number of hydrogen-bond acceptors (Lipinski definition) is 5. The molecule has 0 aliphatic heterocycles. The largest absolute Gasteiger partial charge is 0.365 e. The third-order valence-corrected chi connectivity index (χ3v) is 4.44. The standard InChI is InChI=1S/C18H11Cl2F2N7O/c19-13-3-1-6-23-16(13)29-15(18(20,21)22)12(10-26-29)17(30)27-11-4-5-14(24-9-11)28-8-2-7-25-28/h1-10H,(H,27,30). The average molecular weight is 450 g/mol. The van der Waals surface area contributed by atoms with Crippen molar-refractivity contribution in [1.29, 1.82) is 0 Å². The van der Waals surface area contributed by atoms with Crippen molar-refractivity contribution in [2.24, 2.45) is 0 Å². The number of nitrogens with one attached hydrogen (secondary N) is 1. The summed E-state index contributed by atoms with van der Waals surface area (Å²) in [6.07, 6.45) is 6.99. The molecule has 4 aromatic rings. The van der Waals surface area contributed by atoms with Gasteiger partial charge in [-0.05, 0) is 41.9 Å². The van der Waals surface area contributed by atoms with Crippen molar-refractivity contribution >= 4 is 34.8 Å². The van der Waals surface area contributed by atoms with Crippen LogP contribution in [0.2, 0.25) is 5.02 Å². The Morgan fingerprint density at radius 3 is 2.53 bits per heavy atom. The number of nitrogens with zero attached hydrogens (tertiary/aromatic N) is 6. The molecule has 0 bridgehead atoms. The smallest absolute Gasteiger partial charge is 0.320 e. The third kappa shape index (κ3) is 3.87. The predicted octanol–water partition coefficient (Wildman–Crippen LogP) is 4.04. The summed E-state index contributed by atoms with van der Waals surface area (Å²) in [5.74, 6) is -0.417. The Morgan fingerprint density at radius 2 is 1.90 bits per heavy atom. The van der Waals surface area contributed by atoms with Crippen molar-refractivity contribution in [2.75, 3.05) is 5.32 Å². The van der Waals surface area contributed by atoms with Crippen LogP contribution in [0.3, 0.4) is 0 Å². The number of carbonyl (C=O) groups excluding carboxylic acids is 1. The molecule has 0 saturated heterocycles. The van der Waals surface area contributed by atoms with Gasteiger partial charge in [-0.1, -0.05) is 11.6 Å². The maximum atomic E-state index is 14.2. The molecule has 0 fully saturated rings. The van der Waals surface area contributed by atoms with Crippen LogP contribution in [0, 0.1) is 0 Å². The molecule has 1 amide bonds. The maximum absolute atomic E-state index is 14.2. The van der Waals surface area contributed by atoms with Crippen molar-refractivity contribution in [2.45, 2.75) is 5.38 Å². The highest BCUT2D eigenvalue weighted by Crippen LogP contribution is 2.37. The number of aromatic nitrogens is 6. The fraction of sp³-hybridized carbons (Fsp3) is 0.0556. The van der Waals surface area contributed by atoms with E-state index in [1.165, 1.54) is 29.2 Å². The Kier molecular flexibility index (Phi) is 5.18. The zero-order valence-electron chi connectivity index (χ0n) is 14.9. The van der Waals surface area contributed by atoms with Gasteiger partial charge in [0.1, 0.15) is 5.69 Å². The van der Waals surface area contributed by atoms with E-state index in [0.29, 0.717) is 5.82 Å². The zero-order chi connectivity index (χ0) is 21.3. The summed E-state index contributed by atoms with van der Waals surface area (Å²) < 4.78 is 30.6. The normalized spacial score (nSPS) is 11.5. The highest BCUT2D eigenvalue weighted by molar-refractivity contribution is 6.32. The van der Waals surface area contributed by atoms with E-state index in [2.05, 4.69) is 25.5 Å². The van der Waals surface area contributed by atoms with Gasteiger partial charge in [0.25, 0.3) is 5.91 Å². The van der Waals surface area contributed by atoms with Crippen molar-refractivity contribution in [3.05, 3.63) is 77.6 Å². The SMILES string of the molecule is O=C(Nc1ccc(-n2cccn2)nc1)c1cnn(-c2ncccc2Cl)c1C(F)(F)Cl. The minimum absolute atomic E-state index is 0.0631. The molecule has 0 aliphatic rings. The van der Waals surface area contributed by atoms with Gasteiger partial charge in [-0.2, -0.15) is 19.0 Å². The van der Waals surface area contributed by atoms with E-state index in [-0.39, 0.29) is 16.5 Å². The van der Waals surface area contributed by atoms with Crippen LogP contribution < -0.4 is 5.32 Å². The first kappa shape index (κ1) is 19.9. The van der Waals surface area contributed by atoms with Gasteiger partial charge in [-0.25, -0.2) is 19.3 Å². The van der Waals surface area contributed by atoms with Crippen LogP contribution in [-0.2, 0) is 5.38 Å². The summed E-state index contributed by atoms with van der Waals surface area (Å²) in [4.78, 5) is 20.8. The highest BCUT2D eigenvalue weighted by atomic mass is 35.5. The Morgan fingerprint density at radius 1 is 1.07 bits per heavy atom. The van der Waals surface area contributed by atoms with Gasteiger partial charge in [0.15, 0.2) is 11.6 Å². The van der Waals surface area contributed by atoms with Crippen LogP contribution in [0.25, 0.3) is 11.6 Å². The van der Waals surface area contributed by atoms with Crippen molar-refractivity contribution in [3.8, 4) is 11.6 Å². The number of amides is 1. The fourth-order valence-corrected chi connectivity index (χ4v) is 3.06. The molecule has 1 N–H and O–H groups in total. The quantitative estimate of drug-likeness (QED) is 0.464. The molecule has 0 spiro atoms. The Labute approximate surface area is 178 Å². The van der Waals surface area contributed by atoms with Crippen LogP contribution in [0.1, 0.15) is 16.1 Å². The number of alkyl halides is 3. The molecule has 0 atom stereocenters. The van der Waals surface area contributed by atoms with E-state index in [0.717, 1.165) is 10.9 Å². The van der Waals surface area contributed by atoms with E-state index in [1.54, 1.807) is 30.6 Å². The molecular weight excluding hydrogens is 439 g/mol. The second kappa shape index (κ2) is 7.81. The summed E-state index contributed by atoms with van der Waals surface area (Å²) in [6, 6.07) is 7.88. The Hall–Kier alpha value is -3.37. The van der Waals surface area contributed by atoms with E-state index in [9.17, 15) is 13.6 Å². The van der Waals surface area contributed by atoms with Gasteiger partial charge in [0, 0.05) is 18.6 Å². The van der Waals surface area contributed by atoms with Gasteiger partial charge >= 0.3 is 5.38 Å². The van der Waals surface area contributed by atoms with Crippen LogP contribution in [0.4, 0.5) is 14.5 Å². The first-order valence-electron chi connectivity index (χ1n) is 8.38. The fourth-order valence-electron chi connectivity index (χ4n) is 2.68. The van der Waals surface area contributed by atoms with Crippen LogP contribution in [0.5, 0.6) is 0 Å². The molecule has 0 unspecified atom stereocenters. The third-order valence-electron chi connectivity index (χ3n) is 3.97. The van der Waals surface area contributed by atoms with Crippen LogP contribution in [-0.4, -0.2) is 35.4 Å². The van der Waals surface area contributed by atoms with Crippen LogP contribution >= 0.6 is 23.2 Å². The molecular formula is C18H11Cl2F2N7O. The van der Waals surface area contributed by atoms with Gasteiger partial charge in [-0.3, -0.25) is 4.79 Å². The molecule has 4 rings (SSSR count). The summed E-state index contributed by atoms with van der Waals surface area (Å²) >= 11 is 11.3. The van der Waals surface area contributed by atoms with Gasteiger partial charge in [-0.15, -0.1) is 0 Å². The minimum atomic E-state index is -3.91. The number of hydrogen-bond donors (Lipinski definition) is 1. The molecule has 0 aliphatic carbocycles. The molecule has 0 radical (unpaired) electrons. The highest BCUT2D eigenvalue weighted by Gasteiger charge is 2.39. The molecule has 8 nitrogen and oxygen atoms in total. The zero-order valence-corrected chi connectivity index (χ0v) is 16.4. The first-order chi connectivity index (χ1) is 14.3. The summed E-state index contributed by atoms with van der Waals surface area (Å²) in [7, 11) is 0. The van der Waals surface area contributed by atoms with Gasteiger partial charge in [0.05, 0.1) is 28.7 Å². The molecule has 4 heterocycles. The number of anilines is 1. The van der Waals surface area contributed by atoms with Gasteiger partial charge in [0.2, 0.25) is 0 Å². The first-order valence-corrected chi connectivity index (χ1v) is 9.14. The molecule has 4 aromatic heterocycles. The summed E-state index contributed by atoms with van der Waals surface area (Å²) in [5, 5.41) is 6.53. The second-order valence-electron chi connectivity index (χ2n) is 5.94. The lowest BCUT2D eigenvalue weighted by atomic mass is 10.2. The van der Waals surface area contributed by atoms with E-state index >= 15 is 0 Å². The second-order valence-corrected chi connectivity index (χ2v) is 6.82. The molecule has 12 heteroatoms. The molecule has 0 saturated carbocycles. The number of pyridine rings is 2. The molecule has 0 aromatic carbocycles. The van der Waals surface area contributed by atoms with Gasteiger partial charge < -0.3 is 5.32 Å². The van der Waals surface area contributed by atoms with E-state index in [1.807, 2.05) is 0 Å². The molecule has 30 heavy (non-hydrogen) atoms. The van der Waals surface area contributed by atoms with Crippen molar-refractivity contribution in [1.82, 2.24) is 29.5 Å². The summed E-state index contributed by atoms with van der Waals surface area (Å²) in [6.45, 7) is 0. The average Bonchev–Trinajstić information content (AvgIpc) is 3.39. The van der Waals surface area contributed by atoms with E-state index < -0.39 is 22.5 Å². The minimum Gasteiger partial charge on any atom is -0.320 e. The van der Waals surface area contributed by atoms with Crippen molar-refractivity contribution < 1.29 is 13.6 Å². The Balaban J connectivity index is 1.65. The maximum Gasteiger partial charge on any atom is 0.365 e. The number of carbonyl (C=O) groups is 1. The Bertz CT molecular complexity index is 1190. The predicted molar refractivity (Wildman–Crippen MR) is 105 cm³/mol. The lowest BCUT2D eigenvalue weighted by molar-refractivity contribution is 0.0828. The van der Waals surface area contributed by atoms with E-state index in [4.69, 9.17) is 23.2 Å². The lowest BCUT2D eigenvalue weighted by Crippen LogP contribution is -2.20. The summed E-state index contributed by atoms with van der Waals surface area (Å²) in [5.41, 5.74) is -1.01. The molecule has 152 valence electrons. The topological polar surface area (TPSA) is 90.5 Å². The lowest BCUT2D eigenvalue weighted by Gasteiger charge is -2.14. The number of rotatable bonds is 5. The monoisotopic (exact) mass is 449 g/mol. The number of halogens is 4.